The molecule has 5 heterocycles. The lowest BCUT2D eigenvalue weighted by molar-refractivity contribution is -0.141. The molecule has 2 fully saturated rings. The van der Waals surface area contributed by atoms with Crippen molar-refractivity contribution >= 4 is 33.2 Å². The number of piperazine rings is 1. The van der Waals surface area contributed by atoms with Gasteiger partial charge < -0.3 is 14.7 Å². The average Bonchev–Trinajstić information content (AvgIpc) is 3.14. The molecule has 3 aliphatic heterocycles. The van der Waals surface area contributed by atoms with Crippen molar-refractivity contribution < 1.29 is 26.4 Å². The lowest BCUT2D eigenvalue weighted by atomic mass is 9.87. The van der Waals surface area contributed by atoms with E-state index in [9.17, 15) is 26.4 Å². The minimum atomic E-state index is -4.58. The van der Waals surface area contributed by atoms with E-state index in [0.29, 0.717) is 43.9 Å². The summed E-state index contributed by atoms with van der Waals surface area (Å²) in [5, 5.41) is 0. The molecule has 0 aliphatic carbocycles. The fourth-order valence-electron chi connectivity index (χ4n) is 5.56. The lowest BCUT2D eigenvalue weighted by Gasteiger charge is -2.49. The van der Waals surface area contributed by atoms with E-state index in [0.717, 1.165) is 11.8 Å². The number of carbonyl (C=O) groups is 1. The number of fused-ring (bicyclic) bond motifs is 1. The molecule has 0 radical (unpaired) electrons. The lowest BCUT2D eigenvalue weighted by Crippen LogP contribution is -2.66. The number of amides is 1. The third-order valence-electron chi connectivity index (χ3n) is 8.00. The normalized spacial score (nSPS) is 28.2. The van der Waals surface area contributed by atoms with Gasteiger partial charge in [0.2, 0.25) is 5.91 Å². The number of aromatic nitrogens is 4. The Labute approximate surface area is 219 Å². The second-order valence-electron chi connectivity index (χ2n) is 11.2. The summed E-state index contributed by atoms with van der Waals surface area (Å²) in [6.45, 7) is 10.5. The highest BCUT2D eigenvalue weighted by atomic mass is 32.2. The zero-order valence-electron chi connectivity index (χ0n) is 21.8. The van der Waals surface area contributed by atoms with Crippen LogP contribution in [0.3, 0.4) is 0 Å². The van der Waals surface area contributed by atoms with Gasteiger partial charge in [-0.15, -0.1) is 0 Å². The molecule has 3 aliphatic rings. The van der Waals surface area contributed by atoms with Crippen molar-refractivity contribution in [3.63, 3.8) is 0 Å². The summed E-state index contributed by atoms with van der Waals surface area (Å²) in [4.78, 5) is 35.4. The molecule has 1 unspecified atom stereocenters. The van der Waals surface area contributed by atoms with E-state index in [-0.39, 0.29) is 29.6 Å². The Bertz CT molecular complexity index is 1380. The van der Waals surface area contributed by atoms with Gasteiger partial charge in [0, 0.05) is 42.7 Å². The number of nitrogens with zero attached hydrogens (tertiary/aromatic N) is 7. The van der Waals surface area contributed by atoms with Crippen molar-refractivity contribution in [2.24, 2.45) is 0 Å². The smallest absolute Gasteiger partial charge is 0.350 e. The van der Waals surface area contributed by atoms with E-state index in [1.54, 1.807) is 9.80 Å². The number of halogens is 3. The van der Waals surface area contributed by atoms with Crippen molar-refractivity contribution in [1.82, 2.24) is 24.8 Å². The van der Waals surface area contributed by atoms with Crippen molar-refractivity contribution in [3.05, 3.63) is 30.0 Å². The molecule has 206 valence electrons. The van der Waals surface area contributed by atoms with Crippen LogP contribution in [0.2, 0.25) is 0 Å². The third-order valence-corrected chi connectivity index (χ3v) is 10.5. The molecule has 5 rings (SSSR count). The van der Waals surface area contributed by atoms with Crippen molar-refractivity contribution in [2.75, 3.05) is 35.2 Å². The molecule has 10 nitrogen and oxygen atoms in total. The minimum Gasteiger partial charge on any atom is -0.350 e. The quantitative estimate of drug-likeness (QED) is 0.566. The standard InChI is InChI=1S/C24H30F3N7O3S/c1-14-11-33(21(35)23(5)6-7-38(23,36)37)15(2)10-32(14)19-18-20(31-13-30-19)34(12-22(18,3)4)17-9-28-16(8-29-17)24(25,26)27/h8-9,13-15H,6-7,10-12H2,1-5H3/t14-,15+,23?/m0/s1. The molecule has 0 N–H and O–H groups in total. The summed E-state index contributed by atoms with van der Waals surface area (Å²) < 4.78 is 62.3. The maximum absolute atomic E-state index is 13.3. The van der Waals surface area contributed by atoms with Gasteiger partial charge in [0.1, 0.15) is 22.7 Å². The second kappa shape index (κ2) is 8.48. The molecule has 0 bridgehead atoms. The summed E-state index contributed by atoms with van der Waals surface area (Å²) in [5.41, 5.74) is -0.712. The first-order valence-electron chi connectivity index (χ1n) is 12.4. The summed E-state index contributed by atoms with van der Waals surface area (Å²) in [5.74, 6) is 1.14. The van der Waals surface area contributed by atoms with Gasteiger partial charge in [0.25, 0.3) is 0 Å². The number of hydrogen-bond acceptors (Lipinski definition) is 9. The Morgan fingerprint density at radius 1 is 1.00 bits per heavy atom. The molecule has 2 aromatic heterocycles. The SMILES string of the molecule is C[C@@H]1CN(c2ncnc3c2C(C)(C)CN3c2cnc(C(F)(F)F)cn2)[C@@H](C)CN1C(=O)C1(C)CCS1(=O)=O. The van der Waals surface area contributed by atoms with Gasteiger partial charge in [-0.2, -0.15) is 13.2 Å². The molecule has 1 amide bonds. The highest BCUT2D eigenvalue weighted by molar-refractivity contribution is 7.95. The topological polar surface area (TPSA) is 112 Å². The number of sulfone groups is 1. The first kappa shape index (κ1) is 26.6. The van der Waals surface area contributed by atoms with Crippen molar-refractivity contribution in [1.29, 1.82) is 0 Å². The Morgan fingerprint density at radius 3 is 2.24 bits per heavy atom. The summed E-state index contributed by atoms with van der Waals surface area (Å²) in [6, 6.07) is -0.436. The minimum absolute atomic E-state index is 0.0289. The molecule has 14 heteroatoms. The van der Waals surface area contributed by atoms with Crippen LogP contribution in [0, 0.1) is 0 Å². The molecule has 2 saturated heterocycles. The van der Waals surface area contributed by atoms with Gasteiger partial charge in [0.15, 0.2) is 21.3 Å². The zero-order chi connectivity index (χ0) is 27.8. The van der Waals surface area contributed by atoms with Crippen molar-refractivity contribution in [2.45, 2.75) is 69.5 Å². The number of anilines is 3. The van der Waals surface area contributed by atoms with Crippen LogP contribution in [0.25, 0.3) is 0 Å². The van der Waals surface area contributed by atoms with Crippen LogP contribution in [0.1, 0.15) is 52.3 Å². The molecule has 3 atom stereocenters. The van der Waals surface area contributed by atoms with Gasteiger partial charge in [-0.3, -0.25) is 4.79 Å². The second-order valence-corrected chi connectivity index (χ2v) is 13.8. The molecule has 0 saturated carbocycles. The summed E-state index contributed by atoms with van der Waals surface area (Å²) in [6.07, 6.45) is -1.03. The molecular weight excluding hydrogens is 523 g/mol. The largest absolute Gasteiger partial charge is 0.434 e. The van der Waals surface area contributed by atoms with Crippen LogP contribution < -0.4 is 9.80 Å². The summed E-state index contributed by atoms with van der Waals surface area (Å²) in [7, 11) is -3.45. The fourth-order valence-corrected chi connectivity index (χ4v) is 7.10. The Morgan fingerprint density at radius 2 is 1.68 bits per heavy atom. The van der Waals surface area contributed by atoms with Gasteiger partial charge in [-0.1, -0.05) is 13.8 Å². The Hall–Kier alpha value is -3.03. The number of hydrogen-bond donors (Lipinski definition) is 0. The molecule has 38 heavy (non-hydrogen) atoms. The first-order chi connectivity index (χ1) is 17.6. The predicted octanol–water partition coefficient (Wildman–Crippen LogP) is 2.72. The van der Waals surface area contributed by atoms with Crippen LogP contribution in [-0.4, -0.2) is 81.4 Å². The van der Waals surface area contributed by atoms with E-state index in [2.05, 4.69) is 24.8 Å². The predicted molar refractivity (Wildman–Crippen MR) is 134 cm³/mol. The number of alkyl halides is 3. The fraction of sp³-hybridized carbons (Fsp3) is 0.625. The molecule has 2 aromatic rings. The Kier molecular flexibility index (Phi) is 5.93. The van der Waals surface area contributed by atoms with Gasteiger partial charge in [0.05, 0.1) is 18.1 Å². The summed E-state index contributed by atoms with van der Waals surface area (Å²) >= 11 is 0. The number of carbonyl (C=O) groups excluding carboxylic acids is 1. The molecule has 0 spiro atoms. The maximum Gasteiger partial charge on any atom is 0.434 e. The third kappa shape index (κ3) is 3.98. The van der Waals surface area contributed by atoms with Gasteiger partial charge >= 0.3 is 6.18 Å². The van der Waals surface area contributed by atoms with Crippen LogP contribution in [-0.2, 0) is 26.2 Å². The van der Waals surface area contributed by atoms with E-state index >= 15 is 0 Å². The van der Waals surface area contributed by atoms with E-state index in [4.69, 9.17) is 0 Å². The monoisotopic (exact) mass is 553 g/mol. The van der Waals surface area contributed by atoms with E-state index in [1.165, 1.54) is 13.3 Å². The molecule has 0 aromatic carbocycles. The van der Waals surface area contributed by atoms with Gasteiger partial charge in [-0.05, 0) is 27.2 Å². The van der Waals surface area contributed by atoms with Gasteiger partial charge in [-0.25, -0.2) is 28.4 Å². The average molecular weight is 554 g/mol. The number of rotatable bonds is 3. The van der Waals surface area contributed by atoms with Crippen LogP contribution in [0.15, 0.2) is 18.7 Å². The highest BCUT2D eigenvalue weighted by Gasteiger charge is 2.57. The van der Waals surface area contributed by atoms with E-state index in [1.807, 2.05) is 27.7 Å². The molecular formula is C24H30F3N7O3S. The van der Waals surface area contributed by atoms with E-state index < -0.39 is 31.9 Å². The Balaban J connectivity index is 1.45. The maximum atomic E-state index is 13.3. The first-order valence-corrected chi connectivity index (χ1v) is 14.0. The van der Waals surface area contributed by atoms with Crippen LogP contribution >= 0.6 is 0 Å². The zero-order valence-corrected chi connectivity index (χ0v) is 22.6. The van der Waals surface area contributed by atoms with Crippen molar-refractivity contribution in [3.8, 4) is 0 Å². The highest BCUT2D eigenvalue weighted by Crippen LogP contribution is 2.47. The van der Waals surface area contributed by atoms with Crippen LogP contribution in [0.5, 0.6) is 0 Å². The van der Waals surface area contributed by atoms with Crippen LogP contribution in [0.4, 0.5) is 30.6 Å².